The molecule has 0 aliphatic carbocycles. The molecule has 0 aliphatic heterocycles. The van der Waals surface area contributed by atoms with Crippen molar-refractivity contribution in [1.29, 1.82) is 0 Å². The average Bonchev–Trinajstić information content (AvgIpc) is 2.16. The minimum absolute atomic E-state index is 0.237. The summed E-state index contributed by atoms with van der Waals surface area (Å²) in [5.74, 6) is 0.237. The summed E-state index contributed by atoms with van der Waals surface area (Å²) in [6.07, 6.45) is 6.01. The maximum Gasteiger partial charge on any atom is 0.0710 e. The van der Waals surface area contributed by atoms with E-state index < -0.39 is 5.66 Å². The van der Waals surface area contributed by atoms with Gasteiger partial charge in [0.25, 0.3) is 0 Å². The number of allylic oxidation sites excluding steroid dienone is 1. The highest BCUT2D eigenvalue weighted by Gasteiger charge is 2.27. The second kappa shape index (κ2) is 6.42. The molecular formula is C12H20N2. The van der Waals surface area contributed by atoms with Crippen LogP contribution >= 0.6 is 0 Å². The molecule has 0 rings (SSSR count). The third-order valence-electron chi connectivity index (χ3n) is 2.40. The number of nitrogens with two attached hydrogens (primary N) is 2. The van der Waals surface area contributed by atoms with E-state index in [2.05, 4.69) is 31.5 Å². The van der Waals surface area contributed by atoms with Crippen LogP contribution < -0.4 is 11.5 Å². The summed E-state index contributed by atoms with van der Waals surface area (Å²) in [4.78, 5) is 0. The van der Waals surface area contributed by atoms with Gasteiger partial charge in [-0.1, -0.05) is 20.1 Å². The zero-order chi connectivity index (χ0) is 11.0. The first-order valence-electron chi connectivity index (χ1n) is 4.84. The molecule has 2 nitrogen and oxygen atoms in total. The van der Waals surface area contributed by atoms with E-state index in [-0.39, 0.29) is 5.92 Å². The van der Waals surface area contributed by atoms with Crippen molar-refractivity contribution in [2.24, 2.45) is 17.4 Å². The molecule has 0 aliphatic rings. The Kier molecular flexibility index (Phi) is 5.94. The molecule has 1 unspecified atom stereocenters. The lowest BCUT2D eigenvalue weighted by atomic mass is 9.86. The third kappa shape index (κ3) is 4.27. The predicted octanol–water partition coefficient (Wildman–Crippen LogP) is 2.09. The van der Waals surface area contributed by atoms with E-state index in [9.17, 15) is 0 Å². The van der Waals surface area contributed by atoms with E-state index in [0.717, 1.165) is 12.8 Å². The molecule has 2 heteroatoms. The standard InChI is InChI=1S/C12H20N2/c1-4-7-9-11(6-3)12(13,14)10-8-5-2/h7-8,11H,1-2,6,9-10,13-14H2,3H3. The van der Waals surface area contributed by atoms with E-state index in [4.69, 9.17) is 11.5 Å². The molecule has 0 heterocycles. The SMILES string of the molecule is C=C=CCC(CC)C(N)(N)CC=C=C. The molecule has 78 valence electrons. The van der Waals surface area contributed by atoms with E-state index in [1.165, 1.54) is 0 Å². The highest BCUT2D eigenvalue weighted by molar-refractivity contribution is 4.95. The van der Waals surface area contributed by atoms with Gasteiger partial charge in [0.15, 0.2) is 0 Å². The largest absolute Gasteiger partial charge is 0.313 e. The number of hydrogen-bond acceptors (Lipinski definition) is 2. The Morgan fingerprint density at radius 2 is 1.86 bits per heavy atom. The Morgan fingerprint density at radius 3 is 2.29 bits per heavy atom. The highest BCUT2D eigenvalue weighted by atomic mass is 15.0. The predicted molar refractivity (Wildman–Crippen MR) is 61.5 cm³/mol. The highest BCUT2D eigenvalue weighted by Crippen LogP contribution is 2.21. The van der Waals surface area contributed by atoms with Crippen LogP contribution in [0.3, 0.4) is 0 Å². The van der Waals surface area contributed by atoms with Crippen molar-refractivity contribution in [1.82, 2.24) is 0 Å². The molecule has 1 atom stereocenters. The second-order valence-corrected chi connectivity index (χ2v) is 3.47. The van der Waals surface area contributed by atoms with Crippen molar-refractivity contribution >= 4 is 0 Å². The molecule has 0 aromatic carbocycles. The minimum Gasteiger partial charge on any atom is -0.313 e. The first-order chi connectivity index (χ1) is 6.58. The zero-order valence-corrected chi connectivity index (χ0v) is 8.92. The van der Waals surface area contributed by atoms with Crippen molar-refractivity contribution in [2.75, 3.05) is 0 Å². The van der Waals surface area contributed by atoms with Crippen LogP contribution in [0.2, 0.25) is 0 Å². The van der Waals surface area contributed by atoms with Crippen molar-refractivity contribution in [3.8, 4) is 0 Å². The van der Waals surface area contributed by atoms with E-state index in [1.807, 2.05) is 6.08 Å². The lowest BCUT2D eigenvalue weighted by molar-refractivity contribution is 0.273. The molecular weight excluding hydrogens is 172 g/mol. The number of hydrogen-bond donors (Lipinski definition) is 2. The Balaban J connectivity index is 4.45. The van der Waals surface area contributed by atoms with E-state index in [1.54, 1.807) is 6.08 Å². The molecule has 0 aromatic heterocycles. The van der Waals surface area contributed by atoms with Crippen LogP contribution in [0, 0.1) is 5.92 Å². The Morgan fingerprint density at radius 1 is 1.29 bits per heavy atom. The molecule has 0 amide bonds. The fraction of sp³-hybridized carbons (Fsp3) is 0.500. The molecule has 0 saturated heterocycles. The normalized spacial score (nSPS) is 12.5. The Bertz CT molecular complexity index is 253. The van der Waals surface area contributed by atoms with Gasteiger partial charge in [-0.3, -0.25) is 0 Å². The van der Waals surface area contributed by atoms with Crippen LogP contribution in [0.25, 0.3) is 0 Å². The molecule has 0 saturated carbocycles. The zero-order valence-electron chi connectivity index (χ0n) is 8.92. The molecule has 0 radical (unpaired) electrons. The van der Waals surface area contributed by atoms with Crippen LogP contribution in [0.4, 0.5) is 0 Å². The summed E-state index contributed by atoms with van der Waals surface area (Å²) < 4.78 is 0. The first-order valence-corrected chi connectivity index (χ1v) is 4.84. The Labute approximate surface area is 86.7 Å². The van der Waals surface area contributed by atoms with Gasteiger partial charge < -0.3 is 11.5 Å². The van der Waals surface area contributed by atoms with Crippen LogP contribution in [0.5, 0.6) is 0 Å². The molecule has 14 heavy (non-hydrogen) atoms. The molecule has 0 fully saturated rings. The van der Waals surface area contributed by atoms with Gasteiger partial charge in [0.1, 0.15) is 0 Å². The fourth-order valence-electron chi connectivity index (χ4n) is 1.41. The van der Waals surface area contributed by atoms with E-state index >= 15 is 0 Å². The van der Waals surface area contributed by atoms with Gasteiger partial charge in [-0.2, -0.15) is 0 Å². The van der Waals surface area contributed by atoms with Gasteiger partial charge in [0.05, 0.1) is 5.66 Å². The fourth-order valence-corrected chi connectivity index (χ4v) is 1.41. The quantitative estimate of drug-likeness (QED) is 0.500. The third-order valence-corrected chi connectivity index (χ3v) is 2.40. The molecule has 0 bridgehead atoms. The van der Waals surface area contributed by atoms with Gasteiger partial charge in [0, 0.05) is 6.42 Å². The summed E-state index contributed by atoms with van der Waals surface area (Å²) in [6, 6.07) is 0. The van der Waals surface area contributed by atoms with Gasteiger partial charge in [-0.05, 0) is 30.9 Å². The summed E-state index contributed by atoms with van der Waals surface area (Å²) >= 11 is 0. The van der Waals surface area contributed by atoms with Crippen LogP contribution in [-0.4, -0.2) is 5.66 Å². The second-order valence-electron chi connectivity index (χ2n) is 3.47. The first kappa shape index (κ1) is 13.0. The smallest absolute Gasteiger partial charge is 0.0710 e. The van der Waals surface area contributed by atoms with Crippen molar-refractivity contribution in [2.45, 2.75) is 31.8 Å². The van der Waals surface area contributed by atoms with Crippen LogP contribution in [-0.2, 0) is 0 Å². The van der Waals surface area contributed by atoms with Crippen molar-refractivity contribution in [3.05, 3.63) is 36.8 Å². The maximum atomic E-state index is 6.01. The molecule has 4 N–H and O–H groups in total. The lowest BCUT2D eigenvalue weighted by Gasteiger charge is -2.31. The van der Waals surface area contributed by atoms with Gasteiger partial charge in [-0.15, -0.1) is 11.5 Å². The minimum atomic E-state index is -0.688. The van der Waals surface area contributed by atoms with E-state index in [0.29, 0.717) is 6.42 Å². The van der Waals surface area contributed by atoms with Crippen LogP contribution in [0.1, 0.15) is 26.2 Å². The summed E-state index contributed by atoms with van der Waals surface area (Å²) in [5.41, 5.74) is 16.8. The summed E-state index contributed by atoms with van der Waals surface area (Å²) in [5, 5.41) is 0. The topological polar surface area (TPSA) is 52.0 Å². The van der Waals surface area contributed by atoms with Gasteiger partial charge in [0.2, 0.25) is 0 Å². The van der Waals surface area contributed by atoms with Crippen molar-refractivity contribution < 1.29 is 0 Å². The Hall–Kier alpha value is -1.04. The lowest BCUT2D eigenvalue weighted by Crippen LogP contribution is -2.55. The molecule has 0 aromatic rings. The summed E-state index contributed by atoms with van der Waals surface area (Å²) in [7, 11) is 0. The monoisotopic (exact) mass is 192 g/mol. The van der Waals surface area contributed by atoms with Crippen LogP contribution in [0.15, 0.2) is 36.8 Å². The summed E-state index contributed by atoms with van der Waals surface area (Å²) in [6.45, 7) is 9.09. The van der Waals surface area contributed by atoms with Gasteiger partial charge in [-0.25, -0.2) is 0 Å². The van der Waals surface area contributed by atoms with Crippen molar-refractivity contribution in [3.63, 3.8) is 0 Å². The average molecular weight is 192 g/mol. The van der Waals surface area contributed by atoms with Gasteiger partial charge >= 0.3 is 0 Å². The number of rotatable bonds is 6. The molecule has 0 spiro atoms. The maximum absolute atomic E-state index is 6.01.